The Labute approximate surface area is 685 Å². The number of methoxy groups -OCH3 is 4. The zero-order chi connectivity index (χ0) is 87.1. The minimum absolute atomic E-state index is 0.0297. The summed E-state index contributed by atoms with van der Waals surface area (Å²) in [6, 6.07) is 16.5. The van der Waals surface area contributed by atoms with E-state index in [1.165, 1.54) is 64.7 Å². The molecule has 0 bridgehead atoms. The molecule has 0 aliphatic carbocycles. The van der Waals surface area contributed by atoms with Gasteiger partial charge in [0.25, 0.3) is 0 Å². The molecule has 0 unspecified atom stereocenters. The molecule has 0 aromatic heterocycles. The first kappa shape index (κ1) is 100.0. The Morgan fingerprint density at radius 2 is 1.23 bits per heavy atom. The summed E-state index contributed by atoms with van der Waals surface area (Å²) in [7, 11) is 0.832. The van der Waals surface area contributed by atoms with E-state index in [1.54, 1.807) is 75.7 Å². The van der Waals surface area contributed by atoms with Gasteiger partial charge in [0, 0.05) is 128 Å². The fraction of sp³-hybridized carbons (Fsp3) is 0.643. The molecule has 32 heteroatoms. The van der Waals surface area contributed by atoms with Gasteiger partial charge in [-0.25, -0.2) is 26.4 Å². The molecule has 8 amide bonds. The Hall–Kier alpha value is -8.40. The number of primary amides is 2. The minimum atomic E-state index is -3.96. The van der Waals surface area contributed by atoms with Gasteiger partial charge in [-0.2, -0.15) is 0 Å². The molecule has 8 N–H and O–H groups in total. The van der Waals surface area contributed by atoms with Crippen LogP contribution in [-0.4, -0.2) is 235 Å². The van der Waals surface area contributed by atoms with E-state index in [0.717, 1.165) is 5.56 Å². The number of benzene rings is 3. The number of hydrogen-bond acceptors (Lipinski definition) is 22. The van der Waals surface area contributed by atoms with Gasteiger partial charge in [-0.3, -0.25) is 47.9 Å². The zero-order valence-corrected chi connectivity index (χ0v) is 72.1. The second kappa shape index (κ2) is 48.5. The SMILES string of the molecule is CC[C@H](C)[C@@H]([C@@H](CC(=O)N1CCC[C@H]1[C@H](OC)[C@@H](C)C(=O)C[C@H](C)[C@@H](O)c1ccccc1)OC)N(C)C(=O)[C@@H](CC(=O)[C@H](C(C)C)N(C)C(=O)OCc1ccc(NC(=O)[C@H](CCCNC(N)=O)CC(=O)[C@@H](NC(=O)CC[C@H](CC(=O)c2ccc(C(=O)C(CS(=O)(=O)CCOC)CS(=O)(=O)CCOC)cc2)C(N)=O)C(C)C)cc1)C(C)C. The van der Waals surface area contributed by atoms with Crippen LogP contribution in [0.25, 0.3) is 0 Å². The third kappa shape index (κ3) is 31.1. The van der Waals surface area contributed by atoms with Crippen molar-refractivity contribution >= 4 is 95.9 Å². The molecule has 30 nitrogen and oxygen atoms in total. The number of hydrogen-bond donors (Lipinski definition) is 6. The molecule has 0 saturated carbocycles. The van der Waals surface area contributed by atoms with Crippen molar-refractivity contribution in [2.75, 3.05) is 97.2 Å². The number of rotatable bonds is 54. The second-order valence-electron chi connectivity index (χ2n) is 31.9. The molecule has 3 aromatic carbocycles. The van der Waals surface area contributed by atoms with Crippen molar-refractivity contribution in [1.82, 2.24) is 25.3 Å². The third-order valence-electron chi connectivity index (χ3n) is 22.0. The van der Waals surface area contributed by atoms with Gasteiger partial charge in [-0.05, 0) is 85.0 Å². The third-order valence-corrected chi connectivity index (χ3v) is 25.4. The number of anilines is 1. The molecule has 648 valence electrons. The predicted molar refractivity (Wildman–Crippen MR) is 439 cm³/mol. The highest BCUT2D eigenvalue weighted by Gasteiger charge is 2.45. The topological polar surface area (TPSA) is 437 Å². The van der Waals surface area contributed by atoms with Gasteiger partial charge in [-0.1, -0.05) is 142 Å². The van der Waals surface area contributed by atoms with Crippen molar-refractivity contribution in [3.8, 4) is 0 Å². The fourth-order valence-electron chi connectivity index (χ4n) is 15.0. The van der Waals surface area contributed by atoms with Crippen molar-refractivity contribution in [2.24, 2.45) is 70.6 Å². The normalized spacial score (nSPS) is 16.4. The quantitative estimate of drug-likeness (QED) is 0.0230. The summed E-state index contributed by atoms with van der Waals surface area (Å²) in [5, 5.41) is 19.1. The molecule has 1 fully saturated rings. The van der Waals surface area contributed by atoms with Crippen LogP contribution in [0.4, 0.5) is 15.3 Å². The molecule has 0 spiro atoms. The maximum Gasteiger partial charge on any atom is 0.410 e. The van der Waals surface area contributed by atoms with Gasteiger partial charge in [0.1, 0.15) is 12.4 Å². The van der Waals surface area contributed by atoms with Crippen molar-refractivity contribution < 1.29 is 103 Å². The number of carbonyl (C=O) groups is 12. The molecule has 4 rings (SSSR count). The van der Waals surface area contributed by atoms with E-state index in [2.05, 4.69) is 16.0 Å². The summed E-state index contributed by atoms with van der Waals surface area (Å²) in [5.41, 5.74) is 12.5. The Bertz CT molecular complexity index is 3940. The largest absolute Gasteiger partial charge is 0.445 e. The van der Waals surface area contributed by atoms with Crippen molar-refractivity contribution in [3.05, 3.63) is 101 Å². The molecule has 3 aromatic rings. The number of sulfone groups is 2. The Morgan fingerprint density at radius 1 is 0.638 bits per heavy atom. The van der Waals surface area contributed by atoms with Crippen LogP contribution >= 0.6 is 0 Å². The Balaban J connectivity index is 1.39. The summed E-state index contributed by atoms with van der Waals surface area (Å²) in [4.78, 5) is 170. The first-order valence-corrected chi connectivity index (χ1v) is 43.6. The number of nitrogens with two attached hydrogens (primary N) is 2. The molecule has 13 atom stereocenters. The maximum atomic E-state index is 15.0. The van der Waals surface area contributed by atoms with E-state index in [1.807, 2.05) is 65.0 Å². The molecular weight excluding hydrogens is 1540 g/mol. The van der Waals surface area contributed by atoms with Gasteiger partial charge < -0.3 is 70.9 Å². The standard InChI is InChI=1S/C84H128N8O22S2/c1-17-54(8)76(71(112-15)47-73(98)92-38-22-26-66(92)79(113-16)56(10)67(93)43-55(9)77(99)59-23-19-18-20-24-59)90(11)82(103)65(51(2)3)46-70(96)75(53(6)7)91(12)84(105)114-48-57-27-34-64(35-28-57)88-81(102)62(25-21-37-87-83(86)104)45-69(95)74(52(4)5)89-72(97)36-33-61(80(85)101)44-68(94)58-29-31-60(32-30-58)78(100)63(49-115(106,107)41-39-110-13)50-116(108,109)42-40-111-14/h18-20,23-24,27-32,34-35,51-56,61-63,65-66,71,74-77,79,99H,17,21-22,25-26,33,36-50H2,1-16H3,(H2,85,101)(H,88,102)(H,89,97)(H3,86,87,104)/t54-,55-,56-,61+,62+,65-,66-,71+,74-,75-,76-,77+,79+/m0/s1. The number of Topliss-reactive ketones (excluding diaryl/α,β-unsaturated/α-hetero) is 5. The van der Waals surface area contributed by atoms with Crippen LogP contribution in [0.3, 0.4) is 0 Å². The van der Waals surface area contributed by atoms with Gasteiger partial charge >= 0.3 is 12.1 Å². The first-order valence-electron chi connectivity index (χ1n) is 40.0. The van der Waals surface area contributed by atoms with E-state index >= 15 is 0 Å². The van der Waals surface area contributed by atoms with Crippen LogP contribution in [0, 0.1) is 59.2 Å². The second-order valence-corrected chi connectivity index (χ2v) is 36.3. The van der Waals surface area contributed by atoms with Gasteiger partial charge in [0.05, 0.1) is 91.0 Å². The fourth-order valence-corrected chi connectivity index (χ4v) is 18.1. The number of carbonyl (C=O) groups excluding carboxylic acids is 12. The summed E-state index contributed by atoms with van der Waals surface area (Å²) in [5.74, 6) is -14.4. The maximum absolute atomic E-state index is 15.0. The molecule has 116 heavy (non-hydrogen) atoms. The number of urea groups is 1. The zero-order valence-electron chi connectivity index (χ0n) is 70.5. The molecule has 1 saturated heterocycles. The average molecular weight is 1670 g/mol. The van der Waals surface area contributed by atoms with E-state index in [9.17, 15) is 79.5 Å². The molecular formula is C84H128N8O22S2. The van der Waals surface area contributed by atoms with Crippen LogP contribution in [0.1, 0.15) is 184 Å². The van der Waals surface area contributed by atoms with Crippen molar-refractivity contribution in [3.63, 3.8) is 0 Å². The lowest BCUT2D eigenvalue weighted by atomic mass is 9.83. The van der Waals surface area contributed by atoms with Crippen molar-refractivity contribution in [1.29, 1.82) is 0 Å². The lowest BCUT2D eigenvalue weighted by molar-refractivity contribution is -0.149. The number of ketones is 5. The first-order chi connectivity index (χ1) is 54.6. The van der Waals surface area contributed by atoms with E-state index in [0.29, 0.717) is 37.1 Å². The minimum Gasteiger partial charge on any atom is -0.445 e. The van der Waals surface area contributed by atoms with Gasteiger partial charge in [-0.15, -0.1) is 0 Å². The van der Waals surface area contributed by atoms with Crippen LogP contribution in [0.15, 0.2) is 78.9 Å². The lowest BCUT2D eigenvalue weighted by Crippen LogP contribution is -2.54. The summed E-state index contributed by atoms with van der Waals surface area (Å²) in [6.45, 7) is 18.1. The highest BCUT2D eigenvalue weighted by molar-refractivity contribution is 7.92. The number of nitrogens with one attached hydrogen (secondary N) is 3. The number of aliphatic hydroxyl groups excluding tert-OH is 1. The van der Waals surface area contributed by atoms with Crippen LogP contribution < -0.4 is 27.4 Å². The summed E-state index contributed by atoms with van der Waals surface area (Å²) in [6.07, 6.45) is -2.43. The smallest absolute Gasteiger partial charge is 0.410 e. The number of nitrogens with zero attached hydrogens (tertiary/aromatic N) is 3. The highest BCUT2D eigenvalue weighted by atomic mass is 32.2. The highest BCUT2D eigenvalue weighted by Crippen LogP contribution is 2.34. The van der Waals surface area contributed by atoms with E-state index in [-0.39, 0.29) is 130 Å². The van der Waals surface area contributed by atoms with Crippen molar-refractivity contribution in [2.45, 2.75) is 195 Å². The number of likely N-dealkylation sites (tertiary alicyclic amines) is 1. The number of likely N-dealkylation sites (N-methyl/N-ethyl adjacent to an activating group) is 2. The summed E-state index contributed by atoms with van der Waals surface area (Å²) >= 11 is 0. The monoisotopic (exact) mass is 1660 g/mol. The van der Waals surface area contributed by atoms with Crippen LogP contribution in [0.2, 0.25) is 0 Å². The average Bonchev–Trinajstić information content (AvgIpc) is 1.35. The van der Waals surface area contributed by atoms with Gasteiger partial charge in [0.2, 0.25) is 29.5 Å². The lowest BCUT2D eigenvalue weighted by Gasteiger charge is -2.41. The Kier molecular flexibility index (Phi) is 41.8. The number of ether oxygens (including phenoxy) is 5. The van der Waals surface area contributed by atoms with Crippen LogP contribution in [0.5, 0.6) is 0 Å². The molecule has 0 radical (unpaired) electrons. The Morgan fingerprint density at radius 3 is 1.76 bits per heavy atom. The van der Waals surface area contributed by atoms with E-state index in [4.69, 9.17) is 35.2 Å². The van der Waals surface area contributed by atoms with Gasteiger partial charge in [0.15, 0.2) is 42.8 Å². The molecule has 1 heterocycles. The van der Waals surface area contributed by atoms with E-state index < -0.39 is 180 Å². The summed E-state index contributed by atoms with van der Waals surface area (Å²) < 4.78 is 79.2. The predicted octanol–water partition coefficient (Wildman–Crippen LogP) is 7.94. The number of aliphatic hydroxyl groups is 1. The van der Waals surface area contributed by atoms with Crippen LogP contribution in [-0.2, 0) is 88.3 Å². The number of amides is 8. The molecule has 1 aliphatic heterocycles. The molecule has 1 aliphatic rings.